The molecule has 2 aliphatic rings. The molecule has 12 heteroatoms. The SMILES string of the molecule is COc1cc(OCC2CC2)c(-c2ncnc3c(C(=O)N[C@@H]4CN(C(=O)CO)C[C@@H]4O)c(C)[nH]c23)cc1F. The zero-order chi connectivity index (χ0) is 26.3. The lowest BCUT2D eigenvalue weighted by Crippen LogP contribution is -2.43. The summed E-state index contributed by atoms with van der Waals surface area (Å²) in [6.45, 7) is 1.60. The molecule has 0 unspecified atom stereocenters. The van der Waals surface area contributed by atoms with Gasteiger partial charge in [0.2, 0.25) is 5.91 Å². The Morgan fingerprint density at radius 3 is 2.73 bits per heavy atom. The van der Waals surface area contributed by atoms with Crippen LogP contribution in [0.25, 0.3) is 22.3 Å². The average molecular weight is 514 g/mol. The molecule has 37 heavy (non-hydrogen) atoms. The van der Waals surface area contributed by atoms with Gasteiger partial charge in [-0.1, -0.05) is 0 Å². The van der Waals surface area contributed by atoms with E-state index in [9.17, 15) is 19.1 Å². The Kier molecular flexibility index (Phi) is 6.69. The molecule has 2 fully saturated rings. The Bertz CT molecular complexity index is 1360. The summed E-state index contributed by atoms with van der Waals surface area (Å²) in [5.74, 6) is -0.685. The maximum absolute atomic E-state index is 14.8. The summed E-state index contributed by atoms with van der Waals surface area (Å²) in [6, 6.07) is 2.07. The number of hydrogen-bond donors (Lipinski definition) is 4. The Balaban J connectivity index is 1.49. The van der Waals surface area contributed by atoms with Gasteiger partial charge in [0.05, 0.1) is 36.9 Å². The average Bonchev–Trinajstić information content (AvgIpc) is 3.55. The van der Waals surface area contributed by atoms with E-state index in [0.29, 0.717) is 46.3 Å². The van der Waals surface area contributed by atoms with Crippen molar-refractivity contribution >= 4 is 22.8 Å². The van der Waals surface area contributed by atoms with E-state index in [4.69, 9.17) is 14.6 Å². The van der Waals surface area contributed by atoms with E-state index in [1.54, 1.807) is 6.92 Å². The number of carbonyl (C=O) groups excluding carboxylic acids is 2. The second-order valence-electron chi connectivity index (χ2n) is 9.41. The Hall–Kier alpha value is -3.77. The molecule has 4 N–H and O–H groups in total. The van der Waals surface area contributed by atoms with E-state index in [1.165, 1.54) is 30.5 Å². The van der Waals surface area contributed by atoms with E-state index in [2.05, 4.69) is 20.3 Å². The number of likely N-dealkylation sites (tertiary alicyclic amines) is 1. The number of aliphatic hydroxyl groups excluding tert-OH is 2. The fraction of sp³-hybridized carbons (Fsp3) is 0.440. The van der Waals surface area contributed by atoms with Gasteiger partial charge in [0.15, 0.2) is 11.6 Å². The van der Waals surface area contributed by atoms with Crippen molar-refractivity contribution in [1.29, 1.82) is 0 Å². The van der Waals surface area contributed by atoms with Crippen molar-refractivity contribution in [2.24, 2.45) is 5.92 Å². The number of aromatic nitrogens is 3. The molecule has 2 atom stereocenters. The standard InChI is InChI=1S/C25H28FN5O6/c1-12-21(25(35)30-16-7-31(8-17(16)33)20(34)9-32)23-24(29-12)22(27-11-28-23)14-5-15(26)19(36-2)6-18(14)37-10-13-3-4-13/h5-6,11,13,16-17,29,32-33H,3-4,7-10H2,1-2H3,(H,30,35)/t16-,17+/m1/s1. The molecule has 11 nitrogen and oxygen atoms in total. The van der Waals surface area contributed by atoms with Crippen molar-refractivity contribution in [2.45, 2.75) is 31.9 Å². The van der Waals surface area contributed by atoms with Gasteiger partial charge in [-0.25, -0.2) is 14.4 Å². The van der Waals surface area contributed by atoms with Crippen LogP contribution in [0, 0.1) is 18.7 Å². The van der Waals surface area contributed by atoms with Crippen molar-refractivity contribution < 1.29 is 33.7 Å². The van der Waals surface area contributed by atoms with E-state index >= 15 is 0 Å². The van der Waals surface area contributed by atoms with Gasteiger partial charge in [0, 0.05) is 30.4 Å². The maximum Gasteiger partial charge on any atom is 0.255 e. The number of benzene rings is 1. The molecule has 0 radical (unpaired) electrons. The predicted octanol–water partition coefficient (Wildman–Crippen LogP) is 1.16. The molecule has 1 aliphatic carbocycles. The summed E-state index contributed by atoms with van der Waals surface area (Å²) in [6.07, 6.45) is 2.48. The van der Waals surface area contributed by atoms with Crippen LogP contribution >= 0.6 is 0 Å². The van der Waals surface area contributed by atoms with Crippen LogP contribution in [-0.4, -0.2) is 87.4 Å². The minimum Gasteiger partial charge on any atom is -0.494 e. The van der Waals surface area contributed by atoms with Gasteiger partial charge < -0.3 is 34.9 Å². The fourth-order valence-corrected chi connectivity index (χ4v) is 4.56. The molecule has 3 aromatic rings. The van der Waals surface area contributed by atoms with Crippen LogP contribution in [0.4, 0.5) is 4.39 Å². The molecular weight excluding hydrogens is 485 g/mol. The van der Waals surface area contributed by atoms with Gasteiger partial charge in [0.1, 0.15) is 29.9 Å². The van der Waals surface area contributed by atoms with Crippen molar-refractivity contribution in [1.82, 2.24) is 25.2 Å². The van der Waals surface area contributed by atoms with Crippen LogP contribution in [0.2, 0.25) is 0 Å². The molecule has 2 amide bonds. The molecule has 0 spiro atoms. The number of aryl methyl sites for hydroxylation is 1. The molecule has 1 aromatic carbocycles. The normalized spacial score (nSPS) is 19.3. The Morgan fingerprint density at radius 1 is 1.24 bits per heavy atom. The van der Waals surface area contributed by atoms with Crippen LogP contribution in [0.5, 0.6) is 11.5 Å². The zero-order valence-corrected chi connectivity index (χ0v) is 20.5. The lowest BCUT2D eigenvalue weighted by Gasteiger charge is -2.16. The molecule has 1 saturated heterocycles. The van der Waals surface area contributed by atoms with E-state index in [1.807, 2.05) is 0 Å². The van der Waals surface area contributed by atoms with Crippen LogP contribution in [0.3, 0.4) is 0 Å². The first-order valence-corrected chi connectivity index (χ1v) is 12.0. The number of ether oxygens (including phenoxy) is 2. The third-order valence-corrected chi connectivity index (χ3v) is 6.77. The van der Waals surface area contributed by atoms with Gasteiger partial charge in [0.25, 0.3) is 5.91 Å². The summed E-state index contributed by atoms with van der Waals surface area (Å²) >= 11 is 0. The summed E-state index contributed by atoms with van der Waals surface area (Å²) in [5, 5.41) is 22.2. The van der Waals surface area contributed by atoms with Crippen molar-refractivity contribution in [2.75, 3.05) is 33.4 Å². The molecule has 3 heterocycles. The number of aliphatic hydroxyl groups is 2. The molecular formula is C25H28FN5O6. The summed E-state index contributed by atoms with van der Waals surface area (Å²) in [5.41, 5.74) is 2.24. The first-order chi connectivity index (χ1) is 17.8. The number of fused-ring (bicyclic) bond motifs is 1. The summed E-state index contributed by atoms with van der Waals surface area (Å²) in [7, 11) is 1.38. The van der Waals surface area contributed by atoms with Gasteiger partial charge in [-0.2, -0.15) is 0 Å². The molecule has 5 rings (SSSR count). The lowest BCUT2D eigenvalue weighted by molar-refractivity contribution is -0.133. The van der Waals surface area contributed by atoms with Crippen molar-refractivity contribution in [3.05, 3.63) is 35.5 Å². The maximum atomic E-state index is 14.8. The third kappa shape index (κ3) is 4.81. The number of amides is 2. The highest BCUT2D eigenvalue weighted by Crippen LogP contribution is 2.39. The van der Waals surface area contributed by atoms with E-state index < -0.39 is 36.4 Å². The number of β-amino-alcohol motifs (C(OH)–C–C–N with tert-alkyl or cyclic N) is 1. The molecule has 2 aromatic heterocycles. The smallest absolute Gasteiger partial charge is 0.255 e. The van der Waals surface area contributed by atoms with Crippen LogP contribution in [0.1, 0.15) is 28.9 Å². The second kappa shape index (κ2) is 9.94. The summed E-state index contributed by atoms with van der Waals surface area (Å²) in [4.78, 5) is 38.2. The summed E-state index contributed by atoms with van der Waals surface area (Å²) < 4.78 is 25.9. The lowest BCUT2D eigenvalue weighted by atomic mass is 10.1. The predicted molar refractivity (Wildman–Crippen MR) is 130 cm³/mol. The number of carbonyl (C=O) groups is 2. The number of nitrogens with zero attached hydrogens (tertiary/aromatic N) is 3. The highest BCUT2D eigenvalue weighted by molar-refractivity contribution is 6.09. The second-order valence-corrected chi connectivity index (χ2v) is 9.41. The topological polar surface area (TPSA) is 150 Å². The minimum atomic E-state index is -0.983. The first-order valence-electron chi connectivity index (χ1n) is 12.0. The number of methoxy groups -OCH3 is 1. The largest absolute Gasteiger partial charge is 0.494 e. The van der Waals surface area contributed by atoms with Crippen molar-refractivity contribution in [3.63, 3.8) is 0 Å². The van der Waals surface area contributed by atoms with Gasteiger partial charge in [-0.05, 0) is 31.7 Å². The monoisotopic (exact) mass is 513 g/mol. The zero-order valence-electron chi connectivity index (χ0n) is 20.5. The van der Waals surface area contributed by atoms with Gasteiger partial charge in [-0.15, -0.1) is 0 Å². The van der Waals surface area contributed by atoms with Crippen LogP contribution < -0.4 is 14.8 Å². The van der Waals surface area contributed by atoms with E-state index in [0.717, 1.165) is 12.8 Å². The fourth-order valence-electron chi connectivity index (χ4n) is 4.56. The van der Waals surface area contributed by atoms with Crippen LogP contribution in [0.15, 0.2) is 18.5 Å². The highest BCUT2D eigenvalue weighted by Gasteiger charge is 2.35. The number of nitrogens with one attached hydrogen (secondary N) is 2. The molecule has 0 bridgehead atoms. The van der Waals surface area contributed by atoms with Crippen molar-refractivity contribution in [3.8, 4) is 22.8 Å². The molecule has 196 valence electrons. The quantitative estimate of drug-likeness (QED) is 0.351. The van der Waals surface area contributed by atoms with E-state index in [-0.39, 0.29) is 24.4 Å². The number of H-pyrrole nitrogens is 1. The Labute approximate surface area is 211 Å². The van der Waals surface area contributed by atoms with Gasteiger partial charge in [-0.3, -0.25) is 9.59 Å². The third-order valence-electron chi connectivity index (χ3n) is 6.77. The molecule has 1 aliphatic heterocycles. The number of aromatic amines is 1. The van der Waals surface area contributed by atoms with Gasteiger partial charge >= 0.3 is 0 Å². The van der Waals surface area contributed by atoms with Crippen LogP contribution in [-0.2, 0) is 4.79 Å². The molecule has 1 saturated carbocycles. The number of halogens is 1. The number of rotatable bonds is 8. The highest BCUT2D eigenvalue weighted by atomic mass is 19.1. The number of hydrogen-bond acceptors (Lipinski definition) is 8. The first kappa shape index (κ1) is 24.9. The minimum absolute atomic E-state index is 0.0101. The Morgan fingerprint density at radius 2 is 2.03 bits per heavy atom.